The third-order valence-corrected chi connectivity index (χ3v) is 6.11. The maximum absolute atomic E-state index is 12.5. The molecular formula is C21H24N2O5. The number of nitro groups is 1. The van der Waals surface area contributed by atoms with Gasteiger partial charge in [0.25, 0.3) is 5.91 Å². The van der Waals surface area contributed by atoms with Crippen LogP contribution in [-0.4, -0.2) is 16.9 Å². The summed E-state index contributed by atoms with van der Waals surface area (Å²) in [7, 11) is 0. The van der Waals surface area contributed by atoms with Crippen LogP contribution in [0.2, 0.25) is 0 Å². The number of fused-ring (bicyclic) bond motifs is 2. The fraction of sp³-hybridized carbons (Fsp3) is 0.476. The van der Waals surface area contributed by atoms with Crippen LogP contribution < -0.4 is 10.1 Å². The number of amides is 1. The van der Waals surface area contributed by atoms with Gasteiger partial charge in [0, 0.05) is 12.1 Å². The van der Waals surface area contributed by atoms with Gasteiger partial charge in [-0.25, -0.2) is 0 Å². The minimum Gasteiger partial charge on any atom is -0.479 e. The number of para-hydroxylation sites is 2. The van der Waals surface area contributed by atoms with Gasteiger partial charge in [-0.05, 0) is 62.1 Å². The lowest BCUT2D eigenvalue weighted by molar-refractivity contribution is -0.386. The lowest BCUT2D eigenvalue weighted by Crippen LogP contribution is -2.40. The molecule has 0 unspecified atom stereocenters. The molecule has 2 aromatic rings. The van der Waals surface area contributed by atoms with Crippen molar-refractivity contribution in [3.63, 3.8) is 0 Å². The van der Waals surface area contributed by atoms with Crippen LogP contribution in [0.3, 0.4) is 0 Å². The molecule has 0 spiro atoms. The summed E-state index contributed by atoms with van der Waals surface area (Å²) >= 11 is 0. The van der Waals surface area contributed by atoms with Crippen molar-refractivity contribution in [2.45, 2.75) is 45.3 Å². The molecular weight excluding hydrogens is 360 g/mol. The van der Waals surface area contributed by atoms with E-state index in [-0.39, 0.29) is 35.8 Å². The van der Waals surface area contributed by atoms with Gasteiger partial charge in [-0.2, -0.15) is 0 Å². The molecule has 2 fully saturated rings. The molecule has 2 aliphatic carbocycles. The van der Waals surface area contributed by atoms with E-state index in [0.717, 1.165) is 11.8 Å². The van der Waals surface area contributed by atoms with E-state index in [1.165, 1.54) is 37.8 Å². The summed E-state index contributed by atoms with van der Waals surface area (Å²) in [5.74, 6) is 2.74. The molecule has 2 aliphatic rings. The predicted molar refractivity (Wildman–Crippen MR) is 102 cm³/mol. The lowest BCUT2D eigenvalue weighted by Gasteiger charge is -2.28. The molecule has 0 radical (unpaired) electrons. The zero-order valence-corrected chi connectivity index (χ0v) is 15.8. The molecule has 1 N–H and O–H groups in total. The van der Waals surface area contributed by atoms with Crippen molar-refractivity contribution < 1.29 is 18.9 Å². The second-order valence-corrected chi connectivity index (χ2v) is 7.88. The third kappa shape index (κ3) is 3.74. The smallest absolute Gasteiger partial charge is 0.310 e. The van der Waals surface area contributed by atoms with Gasteiger partial charge in [-0.15, -0.1) is 0 Å². The number of carbonyl (C=O) groups is 1. The van der Waals surface area contributed by atoms with E-state index >= 15 is 0 Å². The molecule has 4 atom stereocenters. The van der Waals surface area contributed by atoms with Crippen molar-refractivity contribution in [3.8, 4) is 5.75 Å². The number of nitrogens with one attached hydrogen (secondary N) is 1. The standard InChI is InChI=1S/C21H24N2O5/c1-13(17-11-14-6-7-15(17)10-14)22-21(24)20-9-8-16(28-20)12-27-19-5-3-2-4-18(19)23(25)26/h2-5,8-9,13-15,17H,6-7,10-12H2,1H3,(H,22,24)/t13-,14+,15+,17-/m0/s1. The molecule has 1 amide bonds. The molecule has 1 heterocycles. The zero-order valence-electron chi connectivity index (χ0n) is 15.8. The van der Waals surface area contributed by atoms with Gasteiger partial charge in [0.05, 0.1) is 4.92 Å². The number of ether oxygens (including phenoxy) is 1. The number of nitrogens with zero attached hydrogens (tertiary/aromatic N) is 1. The average Bonchev–Trinajstić information content (AvgIpc) is 3.43. The van der Waals surface area contributed by atoms with E-state index in [4.69, 9.17) is 9.15 Å². The van der Waals surface area contributed by atoms with Gasteiger partial charge < -0.3 is 14.5 Å². The fourth-order valence-corrected chi connectivity index (χ4v) is 4.75. The van der Waals surface area contributed by atoms with Crippen LogP contribution in [0.4, 0.5) is 5.69 Å². The van der Waals surface area contributed by atoms with Gasteiger partial charge in [-0.1, -0.05) is 18.6 Å². The van der Waals surface area contributed by atoms with Crippen LogP contribution in [-0.2, 0) is 6.61 Å². The Labute approximate surface area is 163 Å². The van der Waals surface area contributed by atoms with Gasteiger partial charge in [0.15, 0.2) is 11.5 Å². The minimum atomic E-state index is -0.493. The lowest BCUT2D eigenvalue weighted by atomic mass is 9.84. The highest BCUT2D eigenvalue weighted by molar-refractivity contribution is 5.91. The van der Waals surface area contributed by atoms with Crippen molar-refractivity contribution in [3.05, 3.63) is 58.0 Å². The molecule has 0 aliphatic heterocycles. The summed E-state index contributed by atoms with van der Waals surface area (Å²) in [6.45, 7) is 2.09. The number of hydrogen-bond donors (Lipinski definition) is 1. The van der Waals surface area contributed by atoms with Crippen LogP contribution in [0.25, 0.3) is 0 Å². The Morgan fingerprint density at radius 2 is 2.11 bits per heavy atom. The summed E-state index contributed by atoms with van der Waals surface area (Å²) in [4.78, 5) is 23.1. The SMILES string of the molecule is C[C@H](NC(=O)c1ccc(COc2ccccc2[N+](=O)[O-])o1)[C@@H]1C[C@@H]2CC[C@@H]1C2. The van der Waals surface area contributed by atoms with E-state index in [2.05, 4.69) is 12.2 Å². The summed E-state index contributed by atoms with van der Waals surface area (Å²) in [6, 6.07) is 9.56. The van der Waals surface area contributed by atoms with Gasteiger partial charge in [-0.3, -0.25) is 14.9 Å². The first-order valence-electron chi connectivity index (χ1n) is 9.77. The van der Waals surface area contributed by atoms with Gasteiger partial charge >= 0.3 is 5.69 Å². The maximum Gasteiger partial charge on any atom is 0.310 e. The van der Waals surface area contributed by atoms with E-state index in [9.17, 15) is 14.9 Å². The predicted octanol–water partition coefficient (Wildman–Crippen LogP) is 4.32. The molecule has 28 heavy (non-hydrogen) atoms. The number of nitro benzene ring substituents is 1. The molecule has 0 saturated heterocycles. The van der Waals surface area contributed by atoms with Gasteiger partial charge in [0.2, 0.25) is 0 Å². The average molecular weight is 384 g/mol. The number of benzene rings is 1. The Morgan fingerprint density at radius 3 is 2.82 bits per heavy atom. The van der Waals surface area contributed by atoms with Crippen molar-refractivity contribution in [1.82, 2.24) is 5.32 Å². The topological polar surface area (TPSA) is 94.6 Å². The highest BCUT2D eigenvalue weighted by Gasteiger charge is 2.42. The number of furan rings is 1. The first-order chi connectivity index (χ1) is 13.5. The molecule has 148 valence electrons. The Balaban J connectivity index is 1.34. The minimum absolute atomic E-state index is 0.0140. The van der Waals surface area contributed by atoms with Crippen molar-refractivity contribution >= 4 is 11.6 Å². The van der Waals surface area contributed by atoms with E-state index in [1.54, 1.807) is 24.3 Å². The van der Waals surface area contributed by atoms with Crippen LogP contribution in [0, 0.1) is 27.9 Å². The Bertz CT molecular complexity index is 877. The molecule has 7 nitrogen and oxygen atoms in total. The first-order valence-corrected chi connectivity index (χ1v) is 9.77. The molecule has 1 aromatic carbocycles. The van der Waals surface area contributed by atoms with Crippen LogP contribution >= 0.6 is 0 Å². The monoisotopic (exact) mass is 384 g/mol. The molecule has 1 aromatic heterocycles. The highest BCUT2D eigenvalue weighted by atomic mass is 16.6. The normalized spacial score (nSPS) is 24.1. The largest absolute Gasteiger partial charge is 0.479 e. The molecule has 2 bridgehead atoms. The summed E-state index contributed by atoms with van der Waals surface area (Å²) in [5, 5.41) is 14.1. The van der Waals surface area contributed by atoms with Crippen molar-refractivity contribution in [2.75, 3.05) is 0 Å². The van der Waals surface area contributed by atoms with Gasteiger partial charge in [0.1, 0.15) is 12.4 Å². The first kappa shape index (κ1) is 18.5. The fourth-order valence-electron chi connectivity index (χ4n) is 4.75. The maximum atomic E-state index is 12.5. The second-order valence-electron chi connectivity index (χ2n) is 7.88. The second kappa shape index (κ2) is 7.66. The molecule has 7 heteroatoms. The zero-order chi connectivity index (χ0) is 19.7. The quantitative estimate of drug-likeness (QED) is 0.567. The van der Waals surface area contributed by atoms with Crippen LogP contribution in [0.1, 0.15) is 48.9 Å². The van der Waals surface area contributed by atoms with E-state index in [0.29, 0.717) is 11.7 Å². The highest BCUT2D eigenvalue weighted by Crippen LogP contribution is 2.49. The Hall–Kier alpha value is -2.83. The molecule has 2 saturated carbocycles. The number of rotatable bonds is 7. The molecule has 4 rings (SSSR count). The summed E-state index contributed by atoms with van der Waals surface area (Å²) in [6.07, 6.45) is 5.13. The van der Waals surface area contributed by atoms with E-state index in [1.807, 2.05) is 0 Å². The van der Waals surface area contributed by atoms with Crippen LogP contribution in [0.5, 0.6) is 5.75 Å². The summed E-state index contributed by atoms with van der Waals surface area (Å²) in [5.41, 5.74) is -0.105. The number of hydrogen-bond acceptors (Lipinski definition) is 5. The van der Waals surface area contributed by atoms with Crippen molar-refractivity contribution in [1.29, 1.82) is 0 Å². The summed E-state index contributed by atoms with van der Waals surface area (Å²) < 4.78 is 11.1. The van der Waals surface area contributed by atoms with Crippen LogP contribution in [0.15, 0.2) is 40.8 Å². The van der Waals surface area contributed by atoms with Crippen molar-refractivity contribution in [2.24, 2.45) is 17.8 Å². The third-order valence-electron chi connectivity index (χ3n) is 6.11. The Kier molecular flexibility index (Phi) is 5.07. The number of carbonyl (C=O) groups excluding carboxylic acids is 1. The van der Waals surface area contributed by atoms with E-state index < -0.39 is 4.92 Å². The Morgan fingerprint density at radius 1 is 1.29 bits per heavy atom.